The smallest absolute Gasteiger partial charge is 0.320 e. The summed E-state index contributed by atoms with van der Waals surface area (Å²) in [6.07, 6.45) is 6.04. The van der Waals surface area contributed by atoms with Crippen LogP contribution in [0.5, 0.6) is 0 Å². The van der Waals surface area contributed by atoms with Crippen molar-refractivity contribution in [2.45, 2.75) is 38.1 Å². The molecule has 2 fully saturated rings. The molecule has 0 radical (unpaired) electrons. The Bertz CT molecular complexity index is 203. The van der Waals surface area contributed by atoms with Gasteiger partial charge in [-0.2, -0.15) is 0 Å². The minimum absolute atomic E-state index is 0.265. The van der Waals surface area contributed by atoms with Gasteiger partial charge in [0.25, 0.3) is 0 Å². The molecule has 3 atom stereocenters. The average molecular weight is 183 g/mol. The third kappa shape index (κ3) is 1.70. The van der Waals surface area contributed by atoms with Gasteiger partial charge in [-0.05, 0) is 31.2 Å². The van der Waals surface area contributed by atoms with E-state index in [1.54, 1.807) is 0 Å². The second-order valence-electron chi connectivity index (χ2n) is 4.27. The summed E-state index contributed by atoms with van der Waals surface area (Å²) in [5.74, 6) is 0.424. The van der Waals surface area contributed by atoms with Crippen molar-refractivity contribution in [3.63, 3.8) is 0 Å². The monoisotopic (exact) mass is 183 g/mol. The standard InChI is InChI=1S/C10H17NO2/c12-10(13)9-8-4-2-1-3-7(8)5-6-11-9/h7-9,11H,1-6H2,(H,12,13)/t7-,8-,9-/m0/s1. The highest BCUT2D eigenvalue weighted by atomic mass is 16.4. The summed E-state index contributed by atoms with van der Waals surface area (Å²) >= 11 is 0. The van der Waals surface area contributed by atoms with E-state index in [0.717, 1.165) is 13.0 Å². The number of carbonyl (C=O) groups is 1. The third-order valence-electron chi connectivity index (χ3n) is 3.54. The van der Waals surface area contributed by atoms with Gasteiger partial charge in [0.15, 0.2) is 0 Å². The van der Waals surface area contributed by atoms with E-state index in [-0.39, 0.29) is 6.04 Å². The number of hydrogen-bond donors (Lipinski definition) is 2. The van der Waals surface area contributed by atoms with E-state index in [4.69, 9.17) is 5.11 Å². The predicted octanol–water partition coefficient (Wildman–Crippen LogP) is 1.24. The minimum atomic E-state index is -0.656. The van der Waals surface area contributed by atoms with Crippen molar-refractivity contribution < 1.29 is 9.90 Å². The van der Waals surface area contributed by atoms with Crippen LogP contribution in [0.25, 0.3) is 0 Å². The van der Waals surface area contributed by atoms with Crippen molar-refractivity contribution in [3.05, 3.63) is 0 Å². The van der Waals surface area contributed by atoms with Crippen molar-refractivity contribution in [1.29, 1.82) is 0 Å². The SMILES string of the molecule is O=C(O)[C@H]1NCC[C@@H]2CCCC[C@@H]21. The molecule has 2 N–H and O–H groups in total. The van der Waals surface area contributed by atoms with Gasteiger partial charge in [0.1, 0.15) is 6.04 Å². The Kier molecular flexibility index (Phi) is 2.54. The lowest BCUT2D eigenvalue weighted by molar-refractivity contribution is -0.143. The van der Waals surface area contributed by atoms with Gasteiger partial charge in [-0.1, -0.05) is 19.3 Å². The molecule has 1 saturated heterocycles. The number of nitrogens with one attached hydrogen (secondary N) is 1. The molecule has 0 aromatic heterocycles. The number of carboxylic acid groups (broad SMARTS) is 1. The fourth-order valence-corrected chi connectivity index (χ4v) is 2.88. The second kappa shape index (κ2) is 3.66. The molecule has 0 amide bonds. The Morgan fingerprint density at radius 1 is 1.23 bits per heavy atom. The summed E-state index contributed by atoms with van der Waals surface area (Å²) in [7, 11) is 0. The lowest BCUT2D eigenvalue weighted by atomic mass is 9.72. The molecule has 3 heteroatoms. The van der Waals surface area contributed by atoms with Gasteiger partial charge in [0.05, 0.1) is 0 Å². The summed E-state index contributed by atoms with van der Waals surface area (Å²) in [5.41, 5.74) is 0. The Hall–Kier alpha value is -0.570. The van der Waals surface area contributed by atoms with E-state index in [0.29, 0.717) is 11.8 Å². The number of carboxylic acids is 1. The number of piperidine rings is 1. The maximum absolute atomic E-state index is 10.9. The number of fused-ring (bicyclic) bond motifs is 1. The lowest BCUT2D eigenvalue weighted by Gasteiger charge is -2.39. The molecule has 0 aromatic carbocycles. The molecule has 1 aliphatic heterocycles. The Balaban J connectivity index is 2.06. The first-order valence-electron chi connectivity index (χ1n) is 5.25. The molecule has 2 rings (SSSR count). The quantitative estimate of drug-likeness (QED) is 0.643. The molecule has 0 aromatic rings. The van der Waals surface area contributed by atoms with Gasteiger partial charge < -0.3 is 10.4 Å². The lowest BCUT2D eigenvalue weighted by Crippen LogP contribution is -2.51. The molecule has 3 nitrogen and oxygen atoms in total. The van der Waals surface area contributed by atoms with Gasteiger partial charge in [-0.25, -0.2) is 0 Å². The van der Waals surface area contributed by atoms with Crippen molar-refractivity contribution in [2.75, 3.05) is 6.54 Å². The predicted molar refractivity (Wildman–Crippen MR) is 49.5 cm³/mol. The minimum Gasteiger partial charge on any atom is -0.480 e. The first-order valence-corrected chi connectivity index (χ1v) is 5.25. The van der Waals surface area contributed by atoms with Crippen LogP contribution in [0.4, 0.5) is 0 Å². The molecular formula is C10H17NO2. The van der Waals surface area contributed by atoms with E-state index in [2.05, 4.69) is 5.32 Å². The van der Waals surface area contributed by atoms with Crippen molar-refractivity contribution in [2.24, 2.45) is 11.8 Å². The Morgan fingerprint density at radius 3 is 2.77 bits per heavy atom. The molecule has 0 spiro atoms. The topological polar surface area (TPSA) is 49.3 Å². The fraction of sp³-hybridized carbons (Fsp3) is 0.900. The molecule has 2 aliphatic rings. The first-order chi connectivity index (χ1) is 6.29. The second-order valence-corrected chi connectivity index (χ2v) is 4.27. The summed E-state index contributed by atoms with van der Waals surface area (Å²) in [4.78, 5) is 10.9. The maximum atomic E-state index is 10.9. The normalized spacial score (nSPS) is 39.5. The van der Waals surface area contributed by atoms with E-state index in [1.165, 1.54) is 25.7 Å². The Morgan fingerprint density at radius 2 is 2.00 bits per heavy atom. The van der Waals surface area contributed by atoms with E-state index >= 15 is 0 Å². The largest absolute Gasteiger partial charge is 0.480 e. The zero-order valence-corrected chi connectivity index (χ0v) is 7.83. The molecular weight excluding hydrogens is 166 g/mol. The van der Waals surface area contributed by atoms with Crippen LogP contribution in [-0.4, -0.2) is 23.7 Å². The number of hydrogen-bond acceptors (Lipinski definition) is 2. The van der Waals surface area contributed by atoms with Crippen LogP contribution in [0.1, 0.15) is 32.1 Å². The van der Waals surface area contributed by atoms with Crippen LogP contribution in [0.15, 0.2) is 0 Å². The van der Waals surface area contributed by atoms with E-state index < -0.39 is 5.97 Å². The molecule has 1 heterocycles. The first kappa shape index (κ1) is 9.00. The van der Waals surface area contributed by atoms with E-state index in [1.807, 2.05) is 0 Å². The van der Waals surface area contributed by atoms with Crippen LogP contribution in [0.2, 0.25) is 0 Å². The van der Waals surface area contributed by atoms with Gasteiger partial charge in [0.2, 0.25) is 0 Å². The highest BCUT2D eigenvalue weighted by Crippen LogP contribution is 2.36. The van der Waals surface area contributed by atoms with Gasteiger partial charge >= 0.3 is 5.97 Å². The van der Waals surface area contributed by atoms with Crippen LogP contribution in [0.3, 0.4) is 0 Å². The molecule has 0 unspecified atom stereocenters. The van der Waals surface area contributed by atoms with Crippen LogP contribution < -0.4 is 5.32 Å². The fourth-order valence-electron chi connectivity index (χ4n) is 2.88. The van der Waals surface area contributed by atoms with Crippen LogP contribution in [0, 0.1) is 11.8 Å². The number of rotatable bonds is 1. The summed E-state index contributed by atoms with van der Waals surface area (Å²) in [6.45, 7) is 0.887. The summed E-state index contributed by atoms with van der Waals surface area (Å²) in [5, 5.41) is 12.1. The summed E-state index contributed by atoms with van der Waals surface area (Å²) in [6, 6.07) is -0.265. The summed E-state index contributed by atoms with van der Waals surface area (Å²) < 4.78 is 0. The Labute approximate surface area is 78.5 Å². The zero-order valence-electron chi connectivity index (χ0n) is 7.83. The third-order valence-corrected chi connectivity index (χ3v) is 3.54. The zero-order chi connectivity index (χ0) is 9.26. The van der Waals surface area contributed by atoms with Gasteiger partial charge in [-0.15, -0.1) is 0 Å². The van der Waals surface area contributed by atoms with Crippen molar-refractivity contribution in [1.82, 2.24) is 5.32 Å². The average Bonchev–Trinajstić information content (AvgIpc) is 2.17. The highest BCUT2D eigenvalue weighted by molar-refractivity contribution is 5.74. The van der Waals surface area contributed by atoms with Crippen LogP contribution >= 0.6 is 0 Å². The number of aliphatic carboxylic acids is 1. The molecule has 1 saturated carbocycles. The molecule has 13 heavy (non-hydrogen) atoms. The van der Waals surface area contributed by atoms with Gasteiger partial charge in [0, 0.05) is 0 Å². The highest BCUT2D eigenvalue weighted by Gasteiger charge is 2.38. The van der Waals surface area contributed by atoms with E-state index in [9.17, 15) is 4.79 Å². The maximum Gasteiger partial charge on any atom is 0.320 e. The molecule has 0 bridgehead atoms. The van der Waals surface area contributed by atoms with Crippen LogP contribution in [-0.2, 0) is 4.79 Å². The van der Waals surface area contributed by atoms with Crippen molar-refractivity contribution in [3.8, 4) is 0 Å². The molecule has 1 aliphatic carbocycles. The molecule has 74 valence electrons. The van der Waals surface area contributed by atoms with Crippen molar-refractivity contribution >= 4 is 5.97 Å². The van der Waals surface area contributed by atoms with Gasteiger partial charge in [-0.3, -0.25) is 4.79 Å².